The maximum Gasteiger partial charge on any atom is 0.306 e. The molecular formula is C61H106O5. The van der Waals surface area contributed by atoms with E-state index in [0.717, 1.165) is 96.3 Å². The third-order valence-corrected chi connectivity index (χ3v) is 11.9. The molecule has 1 unspecified atom stereocenters. The summed E-state index contributed by atoms with van der Waals surface area (Å²) in [5, 5.41) is 0. The number of carbonyl (C=O) groups is 2. The molecule has 0 spiro atoms. The van der Waals surface area contributed by atoms with Crippen molar-refractivity contribution in [1.29, 1.82) is 0 Å². The van der Waals surface area contributed by atoms with Gasteiger partial charge in [0.1, 0.15) is 6.61 Å². The Balaban J connectivity index is 4.31. The van der Waals surface area contributed by atoms with E-state index in [9.17, 15) is 9.59 Å². The van der Waals surface area contributed by atoms with Gasteiger partial charge in [-0.05, 0) is 96.3 Å². The Morgan fingerprint density at radius 2 is 0.682 bits per heavy atom. The van der Waals surface area contributed by atoms with Crippen molar-refractivity contribution in [2.45, 2.75) is 271 Å². The van der Waals surface area contributed by atoms with E-state index in [1.807, 2.05) is 0 Å². The van der Waals surface area contributed by atoms with Crippen LogP contribution in [-0.2, 0) is 23.8 Å². The molecule has 0 aliphatic carbocycles. The molecule has 0 N–H and O–H groups in total. The van der Waals surface area contributed by atoms with Gasteiger partial charge < -0.3 is 14.2 Å². The van der Waals surface area contributed by atoms with Gasteiger partial charge in [-0.15, -0.1) is 0 Å². The van der Waals surface area contributed by atoms with Crippen LogP contribution >= 0.6 is 0 Å². The van der Waals surface area contributed by atoms with Crippen molar-refractivity contribution in [2.24, 2.45) is 0 Å². The van der Waals surface area contributed by atoms with E-state index in [4.69, 9.17) is 14.2 Å². The highest BCUT2D eigenvalue weighted by Crippen LogP contribution is 2.15. The molecule has 0 radical (unpaired) electrons. The van der Waals surface area contributed by atoms with Gasteiger partial charge in [0.05, 0.1) is 6.61 Å². The first-order valence-electron chi connectivity index (χ1n) is 28.1. The Morgan fingerprint density at radius 1 is 0.348 bits per heavy atom. The molecule has 1 atom stereocenters. The first-order chi connectivity index (χ1) is 32.6. The van der Waals surface area contributed by atoms with Crippen LogP contribution in [-0.4, -0.2) is 37.9 Å². The maximum atomic E-state index is 12.8. The fraction of sp³-hybridized carbons (Fsp3) is 0.738. The second-order valence-corrected chi connectivity index (χ2v) is 18.5. The normalized spacial score (nSPS) is 12.8. The summed E-state index contributed by atoms with van der Waals surface area (Å²) < 4.78 is 17.4. The van der Waals surface area contributed by atoms with Gasteiger partial charge in [0.15, 0.2) is 6.10 Å². The summed E-state index contributed by atoms with van der Waals surface area (Å²) in [5.74, 6) is -0.433. The second kappa shape index (κ2) is 56.4. The summed E-state index contributed by atoms with van der Waals surface area (Å²) in [4.78, 5) is 25.5. The van der Waals surface area contributed by atoms with Crippen molar-refractivity contribution in [3.63, 3.8) is 0 Å². The first kappa shape index (κ1) is 63.1. The van der Waals surface area contributed by atoms with Crippen molar-refractivity contribution in [1.82, 2.24) is 0 Å². The Morgan fingerprint density at radius 3 is 1.14 bits per heavy atom. The summed E-state index contributed by atoms with van der Waals surface area (Å²) in [6.45, 7) is 7.67. The molecule has 0 bridgehead atoms. The standard InChI is InChI=1S/C61H106O5/c1-4-7-10-13-16-19-22-25-27-29-31-33-35-37-39-42-45-48-51-54-60(62)65-58-59(57-64-56-53-50-47-44-41-24-21-18-15-12-9-6-3)66-61(63)55-52-49-46-43-40-38-36-34-32-30-28-26-23-20-17-14-11-8-5-2/h7,10,16-17,19-20,25-28,31,33,37,39,59H,4-6,8-9,11-15,18,21-24,29-30,32,34-36,38,40-58H2,1-3H3/b10-7-,19-16-,20-17-,27-25-,28-26-,33-31-,39-37-. The second-order valence-electron chi connectivity index (χ2n) is 18.5. The molecule has 380 valence electrons. The summed E-state index contributed by atoms with van der Waals surface area (Å²) in [6, 6.07) is 0. The van der Waals surface area contributed by atoms with Crippen LogP contribution in [0.1, 0.15) is 265 Å². The van der Waals surface area contributed by atoms with Gasteiger partial charge in [0, 0.05) is 19.4 Å². The number of hydrogen-bond acceptors (Lipinski definition) is 5. The molecule has 0 fully saturated rings. The lowest BCUT2D eigenvalue weighted by molar-refractivity contribution is -0.163. The fourth-order valence-corrected chi connectivity index (χ4v) is 7.74. The van der Waals surface area contributed by atoms with Gasteiger partial charge in [-0.1, -0.05) is 241 Å². The zero-order valence-electron chi connectivity index (χ0n) is 43.7. The largest absolute Gasteiger partial charge is 0.462 e. The van der Waals surface area contributed by atoms with Gasteiger partial charge in [-0.25, -0.2) is 0 Å². The molecule has 5 heteroatoms. The van der Waals surface area contributed by atoms with Crippen LogP contribution in [0.25, 0.3) is 0 Å². The quantitative estimate of drug-likeness (QED) is 0.0346. The molecule has 66 heavy (non-hydrogen) atoms. The summed E-state index contributed by atoms with van der Waals surface area (Å²) >= 11 is 0. The Kier molecular flexibility index (Phi) is 53.9. The fourth-order valence-electron chi connectivity index (χ4n) is 7.74. The monoisotopic (exact) mass is 919 g/mol. The molecule has 0 saturated heterocycles. The lowest BCUT2D eigenvalue weighted by Crippen LogP contribution is -2.30. The zero-order valence-corrected chi connectivity index (χ0v) is 43.7. The van der Waals surface area contributed by atoms with E-state index in [1.54, 1.807) is 0 Å². The van der Waals surface area contributed by atoms with E-state index in [1.165, 1.54) is 135 Å². The predicted molar refractivity (Wildman–Crippen MR) is 288 cm³/mol. The Labute approximate surface area is 409 Å². The number of hydrogen-bond donors (Lipinski definition) is 0. The smallest absolute Gasteiger partial charge is 0.306 e. The number of rotatable bonds is 51. The third-order valence-electron chi connectivity index (χ3n) is 11.9. The van der Waals surface area contributed by atoms with E-state index in [0.29, 0.717) is 19.4 Å². The predicted octanol–water partition coefficient (Wildman–Crippen LogP) is 19.2. The van der Waals surface area contributed by atoms with Crippen molar-refractivity contribution in [2.75, 3.05) is 19.8 Å². The molecule has 0 aromatic carbocycles. The van der Waals surface area contributed by atoms with E-state index < -0.39 is 6.10 Å². The number of ether oxygens (including phenoxy) is 3. The molecule has 0 heterocycles. The minimum absolute atomic E-state index is 0.0654. The summed E-state index contributed by atoms with van der Waals surface area (Å²) in [5.41, 5.74) is 0. The summed E-state index contributed by atoms with van der Waals surface area (Å²) in [6.07, 6.45) is 74.5. The molecular weight excluding hydrogens is 813 g/mol. The lowest BCUT2D eigenvalue weighted by Gasteiger charge is -2.18. The average molecular weight is 920 g/mol. The van der Waals surface area contributed by atoms with Crippen LogP contribution in [0.4, 0.5) is 0 Å². The van der Waals surface area contributed by atoms with Crippen molar-refractivity contribution < 1.29 is 23.8 Å². The van der Waals surface area contributed by atoms with Crippen molar-refractivity contribution in [3.05, 3.63) is 85.1 Å². The molecule has 0 saturated carbocycles. The molecule has 0 aliphatic heterocycles. The minimum atomic E-state index is -0.554. The van der Waals surface area contributed by atoms with Gasteiger partial charge >= 0.3 is 11.9 Å². The molecule has 5 nitrogen and oxygen atoms in total. The molecule has 0 aromatic heterocycles. The number of esters is 2. The zero-order chi connectivity index (χ0) is 47.7. The highest BCUT2D eigenvalue weighted by molar-refractivity contribution is 5.70. The minimum Gasteiger partial charge on any atom is -0.462 e. The number of carbonyl (C=O) groups excluding carboxylic acids is 2. The highest BCUT2D eigenvalue weighted by atomic mass is 16.6. The molecule has 0 aliphatic rings. The molecule has 0 rings (SSSR count). The maximum absolute atomic E-state index is 12.8. The van der Waals surface area contributed by atoms with Crippen LogP contribution < -0.4 is 0 Å². The Hall–Kier alpha value is -2.92. The average Bonchev–Trinajstić information content (AvgIpc) is 3.32. The van der Waals surface area contributed by atoms with E-state index >= 15 is 0 Å². The van der Waals surface area contributed by atoms with E-state index in [2.05, 4.69) is 106 Å². The number of allylic oxidation sites excluding steroid dienone is 14. The molecule has 0 aromatic rings. The van der Waals surface area contributed by atoms with Crippen LogP contribution in [0.15, 0.2) is 85.1 Å². The highest BCUT2D eigenvalue weighted by Gasteiger charge is 2.17. The third kappa shape index (κ3) is 53.7. The van der Waals surface area contributed by atoms with Crippen LogP contribution in [0.3, 0.4) is 0 Å². The van der Waals surface area contributed by atoms with Gasteiger partial charge in [-0.2, -0.15) is 0 Å². The van der Waals surface area contributed by atoms with Crippen molar-refractivity contribution >= 4 is 11.9 Å². The number of unbranched alkanes of at least 4 members (excludes halogenated alkanes) is 26. The molecule has 0 amide bonds. The van der Waals surface area contributed by atoms with Gasteiger partial charge in [0.2, 0.25) is 0 Å². The topological polar surface area (TPSA) is 61.8 Å². The van der Waals surface area contributed by atoms with Crippen molar-refractivity contribution in [3.8, 4) is 0 Å². The van der Waals surface area contributed by atoms with Gasteiger partial charge in [-0.3, -0.25) is 9.59 Å². The van der Waals surface area contributed by atoms with Gasteiger partial charge in [0.25, 0.3) is 0 Å². The lowest BCUT2D eigenvalue weighted by atomic mass is 10.1. The SMILES string of the molecule is CC/C=C\C/C=C\C/C=C\C/C=C\C/C=C\CCCCCC(=O)OCC(COCCCCCCCCCCCCCC)OC(=O)CCCCCCCCCCC/C=C\C/C=C\CCCCC. The van der Waals surface area contributed by atoms with Crippen LogP contribution in [0.5, 0.6) is 0 Å². The summed E-state index contributed by atoms with van der Waals surface area (Å²) in [7, 11) is 0. The Bertz CT molecular complexity index is 1220. The van der Waals surface area contributed by atoms with E-state index in [-0.39, 0.29) is 25.2 Å². The first-order valence-corrected chi connectivity index (χ1v) is 28.1. The van der Waals surface area contributed by atoms with Crippen LogP contribution in [0, 0.1) is 0 Å². The van der Waals surface area contributed by atoms with Crippen LogP contribution in [0.2, 0.25) is 0 Å².